The van der Waals surface area contributed by atoms with Gasteiger partial charge in [0.1, 0.15) is 0 Å². The fourth-order valence-corrected chi connectivity index (χ4v) is 8.70. The van der Waals surface area contributed by atoms with Crippen molar-refractivity contribution in [3.63, 3.8) is 0 Å². The zero-order valence-corrected chi connectivity index (χ0v) is 19.5. The molecule has 4 aliphatic carbocycles. The molecule has 2 N–H and O–H groups in total. The average Bonchev–Trinajstić information content (AvgIpc) is 3.05. The first kappa shape index (κ1) is 21.9. The number of aliphatic hydroxyl groups excluding tert-OH is 2. The first-order chi connectivity index (χ1) is 13.8. The molecule has 166 valence electrons. The average molecular weight is 403 g/mol. The Balaban J connectivity index is 1.46. The number of hydrogen-bond acceptors (Lipinski definition) is 2. The number of aliphatic hydroxyl groups is 2. The van der Waals surface area contributed by atoms with Crippen LogP contribution in [0.3, 0.4) is 0 Å². The van der Waals surface area contributed by atoms with Crippen LogP contribution in [0.5, 0.6) is 0 Å². The topological polar surface area (TPSA) is 40.5 Å². The van der Waals surface area contributed by atoms with Gasteiger partial charge in [-0.3, -0.25) is 0 Å². The Morgan fingerprint density at radius 2 is 1.83 bits per heavy atom. The van der Waals surface area contributed by atoms with Crippen LogP contribution in [-0.4, -0.2) is 22.9 Å². The maximum absolute atomic E-state index is 10.2. The van der Waals surface area contributed by atoms with Gasteiger partial charge in [0.25, 0.3) is 0 Å². The van der Waals surface area contributed by atoms with Gasteiger partial charge in [0.2, 0.25) is 0 Å². The predicted octanol–water partition coefficient (Wildman–Crippen LogP) is 6.36. The monoisotopic (exact) mass is 402 g/mol. The van der Waals surface area contributed by atoms with Crippen LogP contribution in [-0.2, 0) is 0 Å². The van der Waals surface area contributed by atoms with Gasteiger partial charge in [-0.2, -0.15) is 0 Å². The molecular formula is C27H46O2. The second kappa shape index (κ2) is 8.30. The first-order valence-corrected chi connectivity index (χ1v) is 12.8. The predicted molar refractivity (Wildman–Crippen MR) is 120 cm³/mol. The van der Waals surface area contributed by atoms with Crippen molar-refractivity contribution in [2.45, 2.75) is 104 Å². The number of rotatable bonds is 6. The largest absolute Gasteiger partial charge is 0.396 e. The standard InChI is InChI=1S/C27H46O2/c1-18(17-28)6-5-7-19(2)23-10-11-24-22-9-8-20-16-21(29)12-14-26(20,3)25(22)13-15-27(23,24)4/h8,18-19,21-25,28-29H,5-7,9-17H2,1-4H3/t18-,19-,21-,22+,23-,24+,25+,26+,27-/m1/s1. The Labute approximate surface area is 179 Å². The van der Waals surface area contributed by atoms with Crippen LogP contribution < -0.4 is 0 Å². The molecule has 0 aliphatic heterocycles. The summed E-state index contributed by atoms with van der Waals surface area (Å²) in [5.74, 6) is 4.82. The van der Waals surface area contributed by atoms with Gasteiger partial charge in [0.05, 0.1) is 6.10 Å². The molecule has 0 aromatic rings. The summed E-state index contributed by atoms with van der Waals surface area (Å²) < 4.78 is 0. The summed E-state index contributed by atoms with van der Waals surface area (Å²) in [6, 6.07) is 0. The van der Waals surface area contributed by atoms with E-state index < -0.39 is 0 Å². The molecule has 0 heterocycles. The first-order valence-electron chi connectivity index (χ1n) is 12.8. The highest BCUT2D eigenvalue weighted by molar-refractivity contribution is 5.25. The van der Waals surface area contributed by atoms with Crippen molar-refractivity contribution in [1.29, 1.82) is 0 Å². The second-order valence-corrected chi connectivity index (χ2v) is 12.1. The van der Waals surface area contributed by atoms with Gasteiger partial charge in [-0.05, 0) is 104 Å². The molecule has 3 fully saturated rings. The Bertz CT molecular complexity index is 612. The number of fused-ring (bicyclic) bond motifs is 5. The molecule has 0 radical (unpaired) electrons. The Hall–Kier alpha value is -0.340. The molecule has 0 amide bonds. The van der Waals surface area contributed by atoms with E-state index >= 15 is 0 Å². The van der Waals surface area contributed by atoms with E-state index in [-0.39, 0.29) is 6.10 Å². The Kier molecular flexibility index (Phi) is 6.26. The lowest BCUT2D eigenvalue weighted by molar-refractivity contribution is -0.0573. The van der Waals surface area contributed by atoms with Crippen molar-refractivity contribution in [1.82, 2.24) is 0 Å². The van der Waals surface area contributed by atoms with E-state index in [0.29, 0.717) is 23.4 Å². The third-order valence-electron chi connectivity index (χ3n) is 10.5. The molecule has 2 heteroatoms. The summed E-state index contributed by atoms with van der Waals surface area (Å²) >= 11 is 0. The van der Waals surface area contributed by atoms with Gasteiger partial charge < -0.3 is 10.2 Å². The van der Waals surface area contributed by atoms with Crippen LogP contribution in [0.4, 0.5) is 0 Å². The van der Waals surface area contributed by atoms with Gasteiger partial charge in [-0.25, -0.2) is 0 Å². The molecule has 9 atom stereocenters. The van der Waals surface area contributed by atoms with Gasteiger partial charge in [0.15, 0.2) is 0 Å². The lowest BCUT2D eigenvalue weighted by Gasteiger charge is -2.58. The minimum absolute atomic E-state index is 0.0926. The molecule has 0 bridgehead atoms. The molecule has 0 aromatic heterocycles. The third-order valence-corrected chi connectivity index (χ3v) is 10.5. The van der Waals surface area contributed by atoms with E-state index in [4.69, 9.17) is 0 Å². The summed E-state index contributed by atoms with van der Waals surface area (Å²) in [6.45, 7) is 10.2. The fourth-order valence-electron chi connectivity index (χ4n) is 8.70. The van der Waals surface area contributed by atoms with Crippen molar-refractivity contribution in [3.05, 3.63) is 11.6 Å². The minimum Gasteiger partial charge on any atom is -0.396 e. The van der Waals surface area contributed by atoms with E-state index in [9.17, 15) is 10.2 Å². The van der Waals surface area contributed by atoms with Crippen molar-refractivity contribution in [2.75, 3.05) is 6.61 Å². The molecule has 29 heavy (non-hydrogen) atoms. The van der Waals surface area contributed by atoms with Crippen molar-refractivity contribution in [3.8, 4) is 0 Å². The Morgan fingerprint density at radius 1 is 1.03 bits per heavy atom. The SMILES string of the molecule is C[C@@H](CO)CCC[C@@H](C)[C@H]1CC[C@H]2[C@@H]3CC=C4C[C@H](O)CC[C@]4(C)[C@H]3CC[C@]12C. The Morgan fingerprint density at radius 3 is 2.59 bits per heavy atom. The quantitative estimate of drug-likeness (QED) is 0.507. The highest BCUT2D eigenvalue weighted by Gasteiger charge is 2.59. The number of hydrogen-bond donors (Lipinski definition) is 2. The lowest BCUT2D eigenvalue weighted by atomic mass is 9.47. The molecule has 0 aromatic carbocycles. The van der Waals surface area contributed by atoms with Crippen molar-refractivity contribution < 1.29 is 10.2 Å². The van der Waals surface area contributed by atoms with Crippen LogP contribution in [0.1, 0.15) is 98.3 Å². The molecule has 4 aliphatic rings. The zero-order valence-electron chi connectivity index (χ0n) is 19.5. The summed E-state index contributed by atoms with van der Waals surface area (Å²) in [7, 11) is 0. The van der Waals surface area contributed by atoms with Gasteiger partial charge in [-0.1, -0.05) is 52.2 Å². The maximum Gasteiger partial charge on any atom is 0.0577 e. The molecule has 0 unspecified atom stereocenters. The smallest absolute Gasteiger partial charge is 0.0577 e. The van der Waals surface area contributed by atoms with E-state index in [2.05, 4.69) is 33.8 Å². The van der Waals surface area contributed by atoms with Crippen molar-refractivity contribution in [2.24, 2.45) is 46.3 Å². The highest BCUT2D eigenvalue weighted by atomic mass is 16.3. The van der Waals surface area contributed by atoms with E-state index in [1.165, 1.54) is 57.8 Å². The van der Waals surface area contributed by atoms with Crippen molar-refractivity contribution >= 4 is 0 Å². The fraction of sp³-hybridized carbons (Fsp3) is 0.926. The van der Waals surface area contributed by atoms with Crippen LogP contribution >= 0.6 is 0 Å². The normalized spacial score (nSPS) is 46.3. The molecule has 3 saturated carbocycles. The van der Waals surface area contributed by atoms with E-state index in [0.717, 1.165) is 42.4 Å². The maximum atomic E-state index is 10.2. The third kappa shape index (κ3) is 3.75. The molecule has 2 nitrogen and oxygen atoms in total. The van der Waals surface area contributed by atoms with Crippen LogP contribution in [0.15, 0.2) is 11.6 Å². The van der Waals surface area contributed by atoms with Gasteiger partial charge >= 0.3 is 0 Å². The van der Waals surface area contributed by atoms with Crippen LogP contribution in [0.2, 0.25) is 0 Å². The van der Waals surface area contributed by atoms with Gasteiger partial charge in [0, 0.05) is 6.61 Å². The van der Waals surface area contributed by atoms with E-state index in [1.54, 1.807) is 5.57 Å². The molecule has 4 rings (SSSR count). The molecular weight excluding hydrogens is 356 g/mol. The summed E-state index contributed by atoms with van der Waals surface area (Å²) in [5, 5.41) is 19.5. The summed E-state index contributed by atoms with van der Waals surface area (Å²) in [5.41, 5.74) is 2.51. The van der Waals surface area contributed by atoms with Crippen LogP contribution in [0.25, 0.3) is 0 Å². The van der Waals surface area contributed by atoms with Crippen LogP contribution in [0, 0.1) is 46.3 Å². The summed E-state index contributed by atoms with van der Waals surface area (Å²) in [6.07, 6.45) is 16.4. The molecule has 0 spiro atoms. The van der Waals surface area contributed by atoms with E-state index in [1.807, 2.05) is 0 Å². The summed E-state index contributed by atoms with van der Waals surface area (Å²) in [4.78, 5) is 0. The highest BCUT2D eigenvalue weighted by Crippen LogP contribution is 2.67. The second-order valence-electron chi connectivity index (χ2n) is 12.1. The molecule has 0 saturated heterocycles. The lowest BCUT2D eigenvalue weighted by Crippen LogP contribution is -2.50. The minimum atomic E-state index is -0.0926. The zero-order chi connectivity index (χ0) is 20.8. The number of allylic oxidation sites excluding steroid dienone is 1. The van der Waals surface area contributed by atoms with Gasteiger partial charge in [-0.15, -0.1) is 0 Å².